The van der Waals surface area contributed by atoms with Gasteiger partial charge in [-0.15, -0.1) is 0 Å². The van der Waals surface area contributed by atoms with Crippen molar-refractivity contribution in [3.05, 3.63) is 53.3 Å². The van der Waals surface area contributed by atoms with Gasteiger partial charge in [0, 0.05) is 25.9 Å². The molecule has 166 valence electrons. The Morgan fingerprint density at radius 2 is 2.06 bits per heavy atom. The molecule has 3 rings (SSSR count). The van der Waals surface area contributed by atoms with Gasteiger partial charge in [-0.2, -0.15) is 0 Å². The van der Waals surface area contributed by atoms with Crippen LogP contribution in [0.2, 0.25) is 5.02 Å². The first kappa shape index (κ1) is 23.5. The minimum atomic E-state index is -3.60. The summed E-state index contributed by atoms with van der Waals surface area (Å²) in [6.45, 7) is 2.09. The lowest BCUT2D eigenvalue weighted by atomic mass is 10.3. The van der Waals surface area contributed by atoms with Crippen molar-refractivity contribution in [1.82, 2.24) is 9.21 Å². The molecular weight excluding hydrogens is 465 g/mol. The molecule has 1 unspecified atom stereocenters. The van der Waals surface area contributed by atoms with Crippen LogP contribution < -0.4 is 4.74 Å². The van der Waals surface area contributed by atoms with Crippen molar-refractivity contribution in [2.24, 2.45) is 4.99 Å². The Morgan fingerprint density at radius 3 is 2.74 bits per heavy atom. The number of rotatable bonds is 6. The molecule has 0 aromatic heterocycles. The van der Waals surface area contributed by atoms with Crippen LogP contribution in [-0.2, 0) is 14.8 Å². The van der Waals surface area contributed by atoms with Crippen LogP contribution >= 0.6 is 23.4 Å². The van der Waals surface area contributed by atoms with Crippen LogP contribution in [0.1, 0.15) is 6.92 Å². The molecule has 7 nitrogen and oxygen atoms in total. The third-order valence-electron chi connectivity index (χ3n) is 4.34. The summed E-state index contributed by atoms with van der Waals surface area (Å²) in [5, 5.41) is 0.626. The van der Waals surface area contributed by atoms with Gasteiger partial charge in [0.1, 0.15) is 11.6 Å². The van der Waals surface area contributed by atoms with Gasteiger partial charge in [0.15, 0.2) is 11.8 Å². The van der Waals surface area contributed by atoms with E-state index in [2.05, 4.69) is 4.99 Å². The third-order valence-corrected chi connectivity index (χ3v) is 7.52. The minimum Gasteiger partial charge on any atom is -0.482 e. The topological polar surface area (TPSA) is 79.3 Å². The predicted molar refractivity (Wildman–Crippen MR) is 120 cm³/mol. The molecule has 1 heterocycles. The maximum Gasteiger partial charge on any atom is 0.266 e. The number of carbonyl (C=O) groups excluding carboxylic acids is 1. The van der Waals surface area contributed by atoms with Crippen LogP contribution in [0.25, 0.3) is 0 Å². The minimum absolute atomic E-state index is 0.0739. The van der Waals surface area contributed by atoms with Gasteiger partial charge >= 0.3 is 0 Å². The fraction of sp³-hybridized carbons (Fsp3) is 0.300. The number of ether oxygens (including phenoxy) is 1. The second-order valence-electron chi connectivity index (χ2n) is 6.98. The van der Waals surface area contributed by atoms with E-state index >= 15 is 0 Å². The molecule has 0 aliphatic carbocycles. The molecule has 2 aromatic rings. The second-order valence-corrected chi connectivity index (χ2v) is 10.9. The highest BCUT2D eigenvalue weighted by Gasteiger charge is 2.31. The summed E-state index contributed by atoms with van der Waals surface area (Å²) in [4.78, 5) is 18.8. The smallest absolute Gasteiger partial charge is 0.266 e. The Kier molecular flexibility index (Phi) is 7.25. The molecular formula is C20H21ClFN3O4S2. The summed E-state index contributed by atoms with van der Waals surface area (Å²) >= 11 is 7.34. The van der Waals surface area contributed by atoms with E-state index < -0.39 is 15.8 Å². The lowest BCUT2D eigenvalue weighted by Gasteiger charge is -2.17. The summed E-state index contributed by atoms with van der Waals surface area (Å²) in [7, 11) is -0.693. The van der Waals surface area contributed by atoms with Gasteiger partial charge in [0.05, 0.1) is 15.6 Å². The number of amides is 1. The number of nitrogens with zero attached hydrogens (tertiary/aromatic N) is 3. The predicted octanol–water partition coefficient (Wildman–Crippen LogP) is 3.76. The average molecular weight is 486 g/mol. The van der Waals surface area contributed by atoms with Crippen molar-refractivity contribution < 1.29 is 22.3 Å². The molecule has 0 N–H and O–H groups in total. The Hall–Kier alpha value is -2.14. The molecule has 1 aliphatic heterocycles. The molecule has 1 atom stereocenters. The van der Waals surface area contributed by atoms with Gasteiger partial charge in [-0.05, 0) is 36.4 Å². The van der Waals surface area contributed by atoms with E-state index in [-0.39, 0.29) is 33.4 Å². The van der Waals surface area contributed by atoms with Crippen LogP contribution in [-0.4, -0.2) is 61.2 Å². The summed E-state index contributed by atoms with van der Waals surface area (Å²) in [5.74, 6) is -0.633. The van der Waals surface area contributed by atoms with Gasteiger partial charge in [-0.3, -0.25) is 9.69 Å². The lowest BCUT2D eigenvalue weighted by molar-refractivity contribution is -0.129. The maximum atomic E-state index is 13.2. The molecule has 2 aromatic carbocycles. The first-order chi connectivity index (χ1) is 14.6. The number of hydrogen-bond acceptors (Lipinski definition) is 6. The average Bonchev–Trinajstić information content (AvgIpc) is 3.07. The molecule has 0 radical (unpaired) electrons. The number of sulfonamides is 1. The molecule has 1 amide bonds. The van der Waals surface area contributed by atoms with Crippen molar-refractivity contribution in [3.63, 3.8) is 0 Å². The Bertz CT molecular complexity index is 1130. The molecule has 1 aliphatic rings. The fourth-order valence-electron chi connectivity index (χ4n) is 2.76. The van der Waals surface area contributed by atoms with Crippen LogP contribution in [0.5, 0.6) is 5.75 Å². The largest absolute Gasteiger partial charge is 0.482 e. The molecule has 1 fully saturated rings. The molecule has 0 saturated carbocycles. The lowest BCUT2D eigenvalue weighted by Crippen LogP contribution is -2.36. The van der Waals surface area contributed by atoms with Crippen molar-refractivity contribution >= 4 is 50.1 Å². The zero-order valence-electron chi connectivity index (χ0n) is 17.1. The summed E-state index contributed by atoms with van der Waals surface area (Å²) < 4.78 is 44.5. The third kappa shape index (κ3) is 5.57. The van der Waals surface area contributed by atoms with Gasteiger partial charge in [-0.1, -0.05) is 36.4 Å². The van der Waals surface area contributed by atoms with Crippen molar-refractivity contribution in [1.29, 1.82) is 0 Å². The van der Waals surface area contributed by atoms with E-state index in [1.165, 1.54) is 55.0 Å². The van der Waals surface area contributed by atoms with Crippen LogP contribution in [0.4, 0.5) is 10.1 Å². The van der Waals surface area contributed by atoms with Crippen molar-refractivity contribution in [2.75, 3.05) is 27.2 Å². The monoisotopic (exact) mass is 485 g/mol. The molecule has 0 spiro atoms. The summed E-state index contributed by atoms with van der Waals surface area (Å²) in [6, 6.07) is 9.89. The molecule has 11 heteroatoms. The Labute approximate surface area is 189 Å². The number of halogens is 2. The fourth-order valence-corrected chi connectivity index (χ4v) is 4.96. The summed E-state index contributed by atoms with van der Waals surface area (Å²) in [6.07, 6.45) is 0. The van der Waals surface area contributed by atoms with E-state index in [1.807, 2.05) is 6.92 Å². The van der Waals surface area contributed by atoms with E-state index in [1.54, 1.807) is 12.1 Å². The highest BCUT2D eigenvalue weighted by atomic mass is 35.5. The van der Waals surface area contributed by atoms with Gasteiger partial charge in [-0.25, -0.2) is 22.1 Å². The number of thioether (sulfide) groups is 1. The van der Waals surface area contributed by atoms with E-state index in [0.717, 1.165) is 10.4 Å². The molecule has 1 saturated heterocycles. The molecule has 31 heavy (non-hydrogen) atoms. The van der Waals surface area contributed by atoms with E-state index in [4.69, 9.17) is 16.3 Å². The van der Waals surface area contributed by atoms with E-state index in [0.29, 0.717) is 17.4 Å². The standard InChI is InChI=1S/C20H21ClFN3O4S2/c1-13-11-25(19(26)12-29-18-8-7-14(22)9-17(18)21)20(30-13)23-15-5-4-6-16(10-15)31(27,28)24(2)3/h4-10,13H,11-12H2,1-3H3. The van der Waals surface area contributed by atoms with Gasteiger partial charge < -0.3 is 4.74 Å². The Balaban J connectivity index is 1.79. The first-order valence-electron chi connectivity index (χ1n) is 9.24. The SMILES string of the molecule is CC1CN(C(=O)COc2ccc(F)cc2Cl)C(=Nc2cccc(S(=O)(=O)N(C)C)c2)S1. The summed E-state index contributed by atoms with van der Waals surface area (Å²) in [5.41, 5.74) is 0.417. The number of benzene rings is 2. The zero-order valence-corrected chi connectivity index (χ0v) is 19.5. The van der Waals surface area contributed by atoms with Crippen LogP contribution in [0, 0.1) is 5.82 Å². The normalized spacial score (nSPS) is 18.1. The van der Waals surface area contributed by atoms with Crippen LogP contribution in [0.15, 0.2) is 52.4 Å². The highest BCUT2D eigenvalue weighted by Crippen LogP contribution is 2.30. The first-order valence-corrected chi connectivity index (χ1v) is 11.9. The maximum absolute atomic E-state index is 13.2. The van der Waals surface area contributed by atoms with Crippen molar-refractivity contribution in [3.8, 4) is 5.75 Å². The van der Waals surface area contributed by atoms with Gasteiger partial charge in [0.25, 0.3) is 5.91 Å². The van der Waals surface area contributed by atoms with Crippen molar-refractivity contribution in [2.45, 2.75) is 17.1 Å². The number of aliphatic imine (C=N–C) groups is 1. The number of amidine groups is 1. The molecule has 0 bridgehead atoms. The van der Waals surface area contributed by atoms with Gasteiger partial charge in [0.2, 0.25) is 10.0 Å². The number of hydrogen-bond donors (Lipinski definition) is 0. The van der Waals surface area contributed by atoms with E-state index in [9.17, 15) is 17.6 Å². The quantitative estimate of drug-likeness (QED) is 0.622. The second kappa shape index (κ2) is 9.56. The van der Waals surface area contributed by atoms with Crippen LogP contribution in [0.3, 0.4) is 0 Å². The zero-order chi connectivity index (χ0) is 22.8. The Morgan fingerprint density at radius 1 is 1.32 bits per heavy atom. The number of carbonyl (C=O) groups is 1. The highest BCUT2D eigenvalue weighted by molar-refractivity contribution is 8.14.